The summed E-state index contributed by atoms with van der Waals surface area (Å²) < 4.78 is 5.15. The van der Waals surface area contributed by atoms with E-state index in [4.69, 9.17) is 4.74 Å². The molecule has 20 heavy (non-hydrogen) atoms. The summed E-state index contributed by atoms with van der Waals surface area (Å²) in [6.07, 6.45) is 6.26. The molecule has 0 bridgehead atoms. The van der Waals surface area contributed by atoms with Crippen LogP contribution in [0.1, 0.15) is 51.5 Å². The van der Waals surface area contributed by atoms with Crippen LogP contribution in [0.4, 0.5) is 0 Å². The van der Waals surface area contributed by atoms with Gasteiger partial charge in [-0.3, -0.25) is 4.79 Å². The molecule has 1 atom stereocenters. The maximum atomic E-state index is 12.5. The fraction of sp³-hybridized carbons (Fsp3) is 0.611. The first-order valence-electron chi connectivity index (χ1n) is 7.68. The highest BCUT2D eigenvalue weighted by Crippen LogP contribution is 2.41. The third-order valence-electron chi connectivity index (χ3n) is 4.72. The Morgan fingerprint density at radius 3 is 2.55 bits per heavy atom. The molecule has 0 aliphatic heterocycles. The molecule has 2 heteroatoms. The molecule has 1 aliphatic carbocycles. The van der Waals surface area contributed by atoms with Crippen LogP contribution in [0.2, 0.25) is 0 Å². The summed E-state index contributed by atoms with van der Waals surface area (Å²) in [5.74, 6) is 1.58. The SMILES string of the molecule is COc1ccc(CCC(=O)C2CCCCC2(C)C)cc1. The summed E-state index contributed by atoms with van der Waals surface area (Å²) in [6, 6.07) is 8.03. The Labute approximate surface area is 122 Å². The molecule has 0 saturated heterocycles. The highest BCUT2D eigenvalue weighted by molar-refractivity contribution is 5.82. The average Bonchev–Trinajstić information content (AvgIpc) is 2.45. The van der Waals surface area contributed by atoms with Crippen LogP contribution < -0.4 is 4.74 Å². The smallest absolute Gasteiger partial charge is 0.136 e. The van der Waals surface area contributed by atoms with Gasteiger partial charge < -0.3 is 4.74 Å². The van der Waals surface area contributed by atoms with Crippen molar-refractivity contribution >= 4 is 5.78 Å². The van der Waals surface area contributed by atoms with Gasteiger partial charge in [-0.2, -0.15) is 0 Å². The van der Waals surface area contributed by atoms with E-state index in [1.54, 1.807) is 7.11 Å². The molecule has 1 saturated carbocycles. The van der Waals surface area contributed by atoms with Crippen molar-refractivity contribution in [3.8, 4) is 5.75 Å². The lowest BCUT2D eigenvalue weighted by molar-refractivity contribution is -0.127. The van der Waals surface area contributed by atoms with Gasteiger partial charge in [-0.25, -0.2) is 0 Å². The maximum Gasteiger partial charge on any atom is 0.136 e. The number of ketones is 1. The molecule has 1 fully saturated rings. The Morgan fingerprint density at radius 2 is 1.95 bits per heavy atom. The molecular weight excluding hydrogens is 248 g/mol. The Kier molecular flexibility index (Phi) is 4.85. The molecule has 1 unspecified atom stereocenters. The lowest BCUT2D eigenvalue weighted by Gasteiger charge is -2.37. The summed E-state index contributed by atoms with van der Waals surface area (Å²) in [5, 5.41) is 0. The summed E-state index contributed by atoms with van der Waals surface area (Å²) in [7, 11) is 1.67. The van der Waals surface area contributed by atoms with Gasteiger partial charge in [-0.15, -0.1) is 0 Å². The first kappa shape index (κ1) is 15.1. The predicted molar refractivity (Wildman–Crippen MR) is 82.1 cm³/mol. The molecule has 0 spiro atoms. The number of carbonyl (C=O) groups excluding carboxylic acids is 1. The number of hydrogen-bond acceptors (Lipinski definition) is 2. The molecule has 0 aromatic heterocycles. The zero-order valence-electron chi connectivity index (χ0n) is 12.9. The fourth-order valence-corrected chi connectivity index (χ4v) is 3.32. The number of ether oxygens (including phenoxy) is 1. The minimum atomic E-state index is 0.190. The van der Waals surface area contributed by atoms with E-state index < -0.39 is 0 Å². The van der Waals surface area contributed by atoms with Crippen LogP contribution in [0.3, 0.4) is 0 Å². The lowest BCUT2D eigenvalue weighted by atomic mass is 9.66. The van der Waals surface area contributed by atoms with E-state index in [-0.39, 0.29) is 11.3 Å². The second-order valence-corrected chi connectivity index (χ2v) is 6.60. The van der Waals surface area contributed by atoms with Crippen molar-refractivity contribution in [2.24, 2.45) is 11.3 Å². The molecule has 2 nitrogen and oxygen atoms in total. The largest absolute Gasteiger partial charge is 0.497 e. The summed E-state index contributed by atoms with van der Waals surface area (Å²) in [4.78, 5) is 12.5. The lowest BCUT2D eigenvalue weighted by Crippen LogP contribution is -2.34. The minimum Gasteiger partial charge on any atom is -0.497 e. The highest BCUT2D eigenvalue weighted by Gasteiger charge is 2.36. The van der Waals surface area contributed by atoms with Crippen LogP contribution in [-0.2, 0) is 11.2 Å². The highest BCUT2D eigenvalue weighted by atomic mass is 16.5. The number of aryl methyl sites for hydroxylation is 1. The van der Waals surface area contributed by atoms with E-state index in [0.29, 0.717) is 12.2 Å². The quantitative estimate of drug-likeness (QED) is 0.794. The Bertz CT molecular complexity index is 445. The number of rotatable bonds is 5. The Hall–Kier alpha value is -1.31. The van der Waals surface area contributed by atoms with Crippen LogP contribution in [-0.4, -0.2) is 12.9 Å². The van der Waals surface area contributed by atoms with Gasteiger partial charge in [-0.05, 0) is 42.4 Å². The van der Waals surface area contributed by atoms with Crippen LogP contribution in [0, 0.1) is 11.3 Å². The van der Waals surface area contributed by atoms with Crippen molar-refractivity contribution in [1.29, 1.82) is 0 Å². The number of benzene rings is 1. The molecule has 2 rings (SSSR count). The second-order valence-electron chi connectivity index (χ2n) is 6.60. The first-order valence-corrected chi connectivity index (χ1v) is 7.68. The number of methoxy groups -OCH3 is 1. The van der Waals surface area contributed by atoms with Crippen molar-refractivity contribution in [2.45, 2.75) is 52.4 Å². The number of Topliss-reactive ketones (excluding diaryl/α,β-unsaturated/α-hetero) is 1. The van der Waals surface area contributed by atoms with E-state index >= 15 is 0 Å². The zero-order chi connectivity index (χ0) is 14.6. The minimum absolute atomic E-state index is 0.190. The van der Waals surface area contributed by atoms with Gasteiger partial charge in [0.2, 0.25) is 0 Å². The second kappa shape index (κ2) is 6.43. The van der Waals surface area contributed by atoms with Crippen LogP contribution >= 0.6 is 0 Å². The number of carbonyl (C=O) groups is 1. The Balaban J connectivity index is 1.90. The molecule has 0 radical (unpaired) electrons. The normalized spacial score (nSPS) is 21.4. The van der Waals surface area contributed by atoms with E-state index in [1.165, 1.54) is 24.8 Å². The summed E-state index contributed by atoms with van der Waals surface area (Å²) in [6.45, 7) is 4.50. The van der Waals surface area contributed by atoms with E-state index in [2.05, 4.69) is 26.0 Å². The first-order chi connectivity index (χ1) is 9.53. The average molecular weight is 274 g/mol. The van der Waals surface area contributed by atoms with Gasteiger partial charge in [0.15, 0.2) is 0 Å². The molecule has 110 valence electrons. The van der Waals surface area contributed by atoms with Crippen molar-refractivity contribution in [2.75, 3.05) is 7.11 Å². The van der Waals surface area contributed by atoms with Crippen molar-refractivity contribution in [3.05, 3.63) is 29.8 Å². The molecule has 1 aliphatic rings. The third kappa shape index (κ3) is 3.62. The zero-order valence-corrected chi connectivity index (χ0v) is 12.9. The van der Waals surface area contributed by atoms with E-state index in [9.17, 15) is 4.79 Å². The van der Waals surface area contributed by atoms with Gasteiger partial charge >= 0.3 is 0 Å². The Morgan fingerprint density at radius 1 is 1.25 bits per heavy atom. The molecule has 1 aromatic carbocycles. The van der Waals surface area contributed by atoms with Crippen LogP contribution in [0.5, 0.6) is 5.75 Å². The number of hydrogen-bond donors (Lipinski definition) is 0. The van der Waals surface area contributed by atoms with Gasteiger partial charge in [0, 0.05) is 12.3 Å². The standard InChI is InChI=1S/C18H26O2/c1-18(2)13-5-4-6-16(18)17(19)12-9-14-7-10-15(20-3)11-8-14/h7-8,10-11,16H,4-6,9,12-13H2,1-3H3. The van der Waals surface area contributed by atoms with Gasteiger partial charge in [0.25, 0.3) is 0 Å². The van der Waals surface area contributed by atoms with Crippen LogP contribution in [0.25, 0.3) is 0 Å². The van der Waals surface area contributed by atoms with Crippen molar-refractivity contribution in [3.63, 3.8) is 0 Å². The molecule has 0 N–H and O–H groups in total. The molecule has 0 amide bonds. The molecule has 0 heterocycles. The molecular formula is C18H26O2. The topological polar surface area (TPSA) is 26.3 Å². The predicted octanol–water partition coefficient (Wildman–Crippen LogP) is 4.41. The monoisotopic (exact) mass is 274 g/mol. The van der Waals surface area contributed by atoms with Crippen LogP contribution in [0.15, 0.2) is 24.3 Å². The van der Waals surface area contributed by atoms with E-state index in [0.717, 1.165) is 18.6 Å². The van der Waals surface area contributed by atoms with Gasteiger partial charge in [0.1, 0.15) is 11.5 Å². The van der Waals surface area contributed by atoms with Gasteiger partial charge in [-0.1, -0.05) is 38.8 Å². The fourth-order valence-electron chi connectivity index (χ4n) is 3.32. The summed E-state index contributed by atoms with van der Waals surface area (Å²) >= 11 is 0. The van der Waals surface area contributed by atoms with Gasteiger partial charge in [0.05, 0.1) is 7.11 Å². The van der Waals surface area contributed by atoms with E-state index in [1.807, 2.05) is 12.1 Å². The van der Waals surface area contributed by atoms with Crippen molar-refractivity contribution < 1.29 is 9.53 Å². The van der Waals surface area contributed by atoms with Crippen molar-refractivity contribution in [1.82, 2.24) is 0 Å². The molecule has 1 aromatic rings. The maximum absolute atomic E-state index is 12.5. The summed E-state index contributed by atoms with van der Waals surface area (Å²) in [5.41, 5.74) is 1.41. The third-order valence-corrected chi connectivity index (χ3v) is 4.72.